The van der Waals surface area contributed by atoms with E-state index < -0.39 is 12.5 Å². The second kappa shape index (κ2) is 8.22. The van der Waals surface area contributed by atoms with Crippen LogP contribution in [0.4, 0.5) is 8.78 Å². The minimum absolute atomic E-state index is 0.00110. The number of aliphatic hydroxyl groups excluding tert-OH is 1. The fourth-order valence-corrected chi connectivity index (χ4v) is 2.73. The van der Waals surface area contributed by atoms with Crippen molar-refractivity contribution < 1.29 is 18.6 Å². The van der Waals surface area contributed by atoms with E-state index in [4.69, 9.17) is 4.74 Å². The van der Waals surface area contributed by atoms with Crippen molar-refractivity contribution in [1.29, 1.82) is 0 Å². The van der Waals surface area contributed by atoms with Gasteiger partial charge in [0.15, 0.2) is 0 Å². The Morgan fingerprint density at radius 2 is 1.75 bits per heavy atom. The van der Waals surface area contributed by atoms with Crippen molar-refractivity contribution in [3.05, 3.63) is 0 Å². The monoisotopic (exact) mass is 294 g/mol. The molecule has 0 radical (unpaired) electrons. The molecule has 0 bridgehead atoms. The largest absolute Gasteiger partial charge is 0.390 e. The van der Waals surface area contributed by atoms with Crippen LogP contribution in [0.5, 0.6) is 0 Å². The molecule has 1 heterocycles. The summed E-state index contributed by atoms with van der Waals surface area (Å²) in [6, 6.07) is 0.00110. The first-order chi connectivity index (χ1) is 9.27. The number of aliphatic hydroxyl groups is 1. The molecule has 0 aromatic heterocycles. The molecule has 1 saturated heterocycles. The predicted molar refractivity (Wildman–Crippen MR) is 75.2 cm³/mol. The Morgan fingerprint density at radius 3 is 2.20 bits per heavy atom. The Hall–Kier alpha value is -0.300. The molecule has 0 amide bonds. The van der Waals surface area contributed by atoms with Crippen molar-refractivity contribution in [2.45, 2.75) is 58.5 Å². The molecule has 3 atom stereocenters. The summed E-state index contributed by atoms with van der Waals surface area (Å²) in [7, 11) is 0. The Balaban J connectivity index is 2.42. The summed E-state index contributed by atoms with van der Waals surface area (Å²) in [6.45, 7) is 9.80. The lowest BCUT2D eigenvalue weighted by atomic mass is 10.2. The number of nitrogens with zero attached hydrogens (tertiary/aromatic N) is 2. The summed E-state index contributed by atoms with van der Waals surface area (Å²) >= 11 is 0. The highest BCUT2D eigenvalue weighted by Gasteiger charge is 2.25. The summed E-state index contributed by atoms with van der Waals surface area (Å²) in [5, 5.41) is 10.1. The van der Waals surface area contributed by atoms with Crippen LogP contribution in [0.3, 0.4) is 0 Å². The number of hydrogen-bond donors (Lipinski definition) is 1. The highest BCUT2D eigenvalue weighted by molar-refractivity contribution is 4.77. The number of morpholine rings is 1. The smallest absolute Gasteiger partial charge is 0.251 e. The molecule has 20 heavy (non-hydrogen) atoms. The van der Waals surface area contributed by atoms with Gasteiger partial charge in [0.05, 0.1) is 24.9 Å². The molecule has 1 fully saturated rings. The average Bonchev–Trinajstić information content (AvgIpc) is 2.25. The Kier molecular flexibility index (Phi) is 7.29. The van der Waals surface area contributed by atoms with Crippen LogP contribution in [0.1, 0.15) is 27.7 Å². The lowest BCUT2D eigenvalue weighted by Crippen LogP contribution is -2.50. The molecule has 0 aromatic carbocycles. The van der Waals surface area contributed by atoms with Crippen molar-refractivity contribution in [2.75, 3.05) is 32.7 Å². The summed E-state index contributed by atoms with van der Waals surface area (Å²) in [5.41, 5.74) is 0. The van der Waals surface area contributed by atoms with Gasteiger partial charge < -0.3 is 9.84 Å². The van der Waals surface area contributed by atoms with Gasteiger partial charge in [-0.2, -0.15) is 0 Å². The van der Waals surface area contributed by atoms with E-state index in [9.17, 15) is 13.9 Å². The van der Waals surface area contributed by atoms with E-state index in [2.05, 4.69) is 4.90 Å². The minimum atomic E-state index is -2.37. The fraction of sp³-hybridized carbons (Fsp3) is 1.00. The number of β-amino-alcohol motifs (C(OH)–C–C–N with tert-alkyl or cyclic N) is 1. The Bertz CT molecular complexity index is 270. The third-order valence-corrected chi connectivity index (χ3v) is 3.51. The topological polar surface area (TPSA) is 35.9 Å². The van der Waals surface area contributed by atoms with Gasteiger partial charge in [0.25, 0.3) is 6.43 Å². The molecule has 6 heteroatoms. The quantitative estimate of drug-likeness (QED) is 0.770. The number of halogens is 2. The van der Waals surface area contributed by atoms with Crippen molar-refractivity contribution in [1.82, 2.24) is 9.80 Å². The molecule has 3 unspecified atom stereocenters. The molecule has 120 valence electrons. The van der Waals surface area contributed by atoms with Crippen LogP contribution in [0.2, 0.25) is 0 Å². The van der Waals surface area contributed by atoms with Crippen LogP contribution in [-0.2, 0) is 4.74 Å². The molecule has 0 aliphatic carbocycles. The zero-order valence-electron chi connectivity index (χ0n) is 12.9. The predicted octanol–water partition coefficient (Wildman–Crippen LogP) is 1.43. The van der Waals surface area contributed by atoms with E-state index in [1.54, 1.807) is 4.90 Å². The van der Waals surface area contributed by atoms with E-state index in [1.165, 1.54) is 0 Å². The van der Waals surface area contributed by atoms with Crippen molar-refractivity contribution in [2.24, 2.45) is 0 Å². The van der Waals surface area contributed by atoms with Gasteiger partial charge in [0.1, 0.15) is 0 Å². The molecule has 1 N–H and O–H groups in total. The van der Waals surface area contributed by atoms with Gasteiger partial charge in [-0.1, -0.05) is 0 Å². The first-order valence-corrected chi connectivity index (χ1v) is 7.36. The average molecular weight is 294 g/mol. The minimum Gasteiger partial charge on any atom is -0.390 e. The van der Waals surface area contributed by atoms with Gasteiger partial charge in [-0.05, 0) is 27.7 Å². The van der Waals surface area contributed by atoms with E-state index in [1.807, 2.05) is 27.7 Å². The van der Waals surface area contributed by atoms with Crippen molar-refractivity contribution in [3.63, 3.8) is 0 Å². The summed E-state index contributed by atoms with van der Waals surface area (Å²) < 4.78 is 30.6. The summed E-state index contributed by atoms with van der Waals surface area (Å²) in [6.07, 6.45) is -2.69. The van der Waals surface area contributed by atoms with Crippen LogP contribution in [0.25, 0.3) is 0 Å². The highest BCUT2D eigenvalue weighted by atomic mass is 19.3. The van der Waals surface area contributed by atoms with Crippen LogP contribution in [0.15, 0.2) is 0 Å². The molecule has 1 aliphatic heterocycles. The van der Waals surface area contributed by atoms with E-state index in [-0.39, 0.29) is 31.3 Å². The van der Waals surface area contributed by atoms with E-state index >= 15 is 0 Å². The normalized spacial score (nSPS) is 26.7. The molecule has 0 saturated carbocycles. The van der Waals surface area contributed by atoms with Gasteiger partial charge >= 0.3 is 0 Å². The molecule has 0 aromatic rings. The van der Waals surface area contributed by atoms with E-state index in [0.717, 1.165) is 13.1 Å². The first kappa shape index (κ1) is 17.8. The lowest BCUT2D eigenvalue weighted by Gasteiger charge is -2.37. The van der Waals surface area contributed by atoms with Gasteiger partial charge in [-0.3, -0.25) is 9.80 Å². The third kappa shape index (κ3) is 6.43. The van der Waals surface area contributed by atoms with E-state index in [0.29, 0.717) is 6.54 Å². The second-order valence-electron chi connectivity index (χ2n) is 6.07. The molecule has 1 rings (SSSR count). The van der Waals surface area contributed by atoms with Gasteiger partial charge in [0.2, 0.25) is 0 Å². The maximum atomic E-state index is 12.5. The van der Waals surface area contributed by atoms with Gasteiger partial charge in [-0.15, -0.1) is 0 Å². The standard InChI is InChI=1S/C14H28F2N2O2/c1-10(2)18(9-14(15)16)8-13(19)7-17-5-11(3)20-12(4)6-17/h10-14,19H,5-9H2,1-4H3. The SMILES string of the molecule is CC1CN(CC(O)CN(CC(F)F)C(C)C)CC(C)O1. The van der Waals surface area contributed by atoms with Crippen LogP contribution >= 0.6 is 0 Å². The van der Waals surface area contributed by atoms with Gasteiger partial charge in [0, 0.05) is 32.2 Å². The third-order valence-electron chi connectivity index (χ3n) is 3.51. The van der Waals surface area contributed by atoms with Crippen LogP contribution in [0, 0.1) is 0 Å². The summed E-state index contributed by atoms with van der Waals surface area (Å²) in [5.74, 6) is 0. The first-order valence-electron chi connectivity index (χ1n) is 7.36. The van der Waals surface area contributed by atoms with Crippen molar-refractivity contribution >= 4 is 0 Å². The second-order valence-corrected chi connectivity index (χ2v) is 6.07. The molecule has 4 nitrogen and oxygen atoms in total. The Morgan fingerprint density at radius 1 is 1.20 bits per heavy atom. The number of rotatable bonds is 7. The number of alkyl halides is 2. The zero-order chi connectivity index (χ0) is 15.3. The number of ether oxygens (including phenoxy) is 1. The highest BCUT2D eigenvalue weighted by Crippen LogP contribution is 2.12. The van der Waals surface area contributed by atoms with Gasteiger partial charge in [-0.25, -0.2) is 8.78 Å². The Labute approximate surface area is 120 Å². The molecular weight excluding hydrogens is 266 g/mol. The van der Waals surface area contributed by atoms with Crippen molar-refractivity contribution in [3.8, 4) is 0 Å². The van der Waals surface area contributed by atoms with Crippen LogP contribution < -0.4 is 0 Å². The fourth-order valence-electron chi connectivity index (χ4n) is 2.73. The maximum absolute atomic E-state index is 12.5. The molecule has 0 spiro atoms. The zero-order valence-corrected chi connectivity index (χ0v) is 12.9. The molecular formula is C14H28F2N2O2. The molecule has 1 aliphatic rings. The van der Waals surface area contributed by atoms with Crippen LogP contribution in [-0.4, -0.2) is 78.4 Å². The lowest BCUT2D eigenvalue weighted by molar-refractivity contribution is -0.0791. The maximum Gasteiger partial charge on any atom is 0.251 e. The summed E-state index contributed by atoms with van der Waals surface area (Å²) in [4.78, 5) is 3.77. The number of hydrogen-bond acceptors (Lipinski definition) is 4.